The number of hydrogen-bond donors (Lipinski definition) is 0. The normalized spacial score (nSPS) is 57.9. The highest BCUT2D eigenvalue weighted by Gasteiger charge is 2.61. The van der Waals surface area contributed by atoms with Gasteiger partial charge in [0.2, 0.25) is 0 Å². The van der Waals surface area contributed by atoms with Gasteiger partial charge in [0.1, 0.15) is 5.78 Å². The molecule has 0 radical (unpaired) electrons. The second kappa shape index (κ2) is 4.84. The molecule has 4 saturated carbocycles. The van der Waals surface area contributed by atoms with Gasteiger partial charge in [0.05, 0.1) is 0 Å². The number of ketones is 1. The van der Waals surface area contributed by atoms with E-state index in [2.05, 4.69) is 27.7 Å². The van der Waals surface area contributed by atoms with Gasteiger partial charge in [0.15, 0.2) is 0 Å². The largest absolute Gasteiger partial charge is 0.299 e. The molecule has 22 heavy (non-hydrogen) atoms. The molecule has 0 aromatic carbocycles. The van der Waals surface area contributed by atoms with Crippen LogP contribution in [0.3, 0.4) is 0 Å². The highest BCUT2D eigenvalue weighted by Crippen LogP contribution is 2.66. The van der Waals surface area contributed by atoms with Gasteiger partial charge in [-0.3, -0.25) is 4.79 Å². The fourth-order valence-corrected chi connectivity index (χ4v) is 7.41. The fourth-order valence-electron chi connectivity index (χ4n) is 7.41. The Morgan fingerprint density at radius 1 is 0.909 bits per heavy atom. The molecule has 0 spiro atoms. The number of carbonyl (C=O) groups excluding carboxylic acids is 1. The Hall–Kier alpha value is -0.330. The third-order valence-corrected chi connectivity index (χ3v) is 9.21. The van der Waals surface area contributed by atoms with Crippen LogP contribution in [0.25, 0.3) is 0 Å². The number of hydrogen-bond acceptors (Lipinski definition) is 1. The molecule has 0 aliphatic heterocycles. The van der Waals surface area contributed by atoms with E-state index in [1.54, 1.807) is 0 Å². The van der Waals surface area contributed by atoms with E-state index in [0.29, 0.717) is 40.3 Å². The maximum absolute atomic E-state index is 13.1. The standard InChI is InChI=1S/C21H34O/c1-13-7-9-21(4)15(11-13)12-18(22)19-16-6-5-14(2)20(16,3)10-8-17(19)21/h13-17,19H,5-12H2,1-4H3/t13-,14-,15?,16?,17?,19?,20+,21-/m0/s1. The van der Waals surface area contributed by atoms with Gasteiger partial charge in [-0.1, -0.05) is 34.1 Å². The van der Waals surface area contributed by atoms with Crippen LogP contribution in [0, 0.1) is 46.3 Å². The Morgan fingerprint density at radius 2 is 1.59 bits per heavy atom. The zero-order valence-electron chi connectivity index (χ0n) is 15.0. The first-order valence-corrected chi connectivity index (χ1v) is 9.89. The fraction of sp³-hybridized carbons (Fsp3) is 0.952. The molecule has 0 N–H and O–H groups in total. The molecule has 8 atom stereocenters. The van der Waals surface area contributed by atoms with E-state index in [1.807, 2.05) is 0 Å². The van der Waals surface area contributed by atoms with Crippen LogP contribution in [-0.2, 0) is 4.79 Å². The zero-order valence-corrected chi connectivity index (χ0v) is 15.0. The van der Waals surface area contributed by atoms with Crippen molar-refractivity contribution in [2.75, 3.05) is 0 Å². The summed E-state index contributed by atoms with van der Waals surface area (Å²) in [5.74, 6) is 4.82. The van der Waals surface area contributed by atoms with E-state index < -0.39 is 0 Å². The zero-order chi connectivity index (χ0) is 15.7. The molecule has 124 valence electrons. The van der Waals surface area contributed by atoms with Crippen LogP contribution >= 0.6 is 0 Å². The Balaban J connectivity index is 1.69. The summed E-state index contributed by atoms with van der Waals surface area (Å²) in [7, 11) is 0. The molecule has 0 aromatic heterocycles. The maximum atomic E-state index is 13.1. The molecule has 4 aliphatic carbocycles. The van der Waals surface area contributed by atoms with Crippen molar-refractivity contribution in [3.8, 4) is 0 Å². The lowest BCUT2D eigenvalue weighted by molar-refractivity contribution is -0.157. The summed E-state index contributed by atoms with van der Waals surface area (Å²) in [6, 6.07) is 0. The lowest BCUT2D eigenvalue weighted by Crippen LogP contribution is -2.56. The molecular formula is C21H34O. The Morgan fingerprint density at radius 3 is 2.36 bits per heavy atom. The summed E-state index contributed by atoms with van der Waals surface area (Å²) in [4.78, 5) is 13.1. The Kier molecular flexibility index (Phi) is 3.34. The van der Waals surface area contributed by atoms with Crippen molar-refractivity contribution in [1.82, 2.24) is 0 Å². The second-order valence-corrected chi connectivity index (χ2v) is 10.0. The number of fused-ring (bicyclic) bond motifs is 5. The maximum Gasteiger partial charge on any atom is 0.136 e. The second-order valence-electron chi connectivity index (χ2n) is 10.0. The molecule has 0 amide bonds. The average Bonchev–Trinajstić information content (AvgIpc) is 2.77. The molecule has 0 bridgehead atoms. The minimum atomic E-state index is 0.415. The summed E-state index contributed by atoms with van der Waals surface area (Å²) >= 11 is 0. The van der Waals surface area contributed by atoms with Crippen molar-refractivity contribution in [2.24, 2.45) is 46.3 Å². The monoisotopic (exact) mass is 302 g/mol. The van der Waals surface area contributed by atoms with Gasteiger partial charge in [-0.2, -0.15) is 0 Å². The smallest absolute Gasteiger partial charge is 0.136 e. The predicted octanol–water partition coefficient (Wildman–Crippen LogP) is 5.48. The predicted molar refractivity (Wildman–Crippen MR) is 90.4 cm³/mol. The van der Waals surface area contributed by atoms with Crippen molar-refractivity contribution >= 4 is 5.78 Å². The summed E-state index contributed by atoms with van der Waals surface area (Å²) in [6.45, 7) is 9.91. The molecule has 0 saturated heterocycles. The minimum Gasteiger partial charge on any atom is -0.299 e. The first-order chi connectivity index (χ1) is 10.4. The van der Waals surface area contributed by atoms with Crippen LogP contribution in [0.1, 0.15) is 79.1 Å². The van der Waals surface area contributed by atoms with Gasteiger partial charge < -0.3 is 0 Å². The molecule has 4 rings (SSSR count). The summed E-state index contributed by atoms with van der Waals surface area (Å²) < 4.78 is 0. The van der Waals surface area contributed by atoms with Gasteiger partial charge in [0, 0.05) is 12.3 Å². The molecule has 1 heteroatoms. The van der Waals surface area contributed by atoms with Crippen LogP contribution in [0.15, 0.2) is 0 Å². The molecule has 1 nitrogen and oxygen atoms in total. The molecule has 4 unspecified atom stereocenters. The van der Waals surface area contributed by atoms with Gasteiger partial charge in [-0.15, -0.1) is 0 Å². The highest BCUT2D eigenvalue weighted by atomic mass is 16.1. The van der Waals surface area contributed by atoms with Crippen molar-refractivity contribution in [2.45, 2.75) is 79.1 Å². The quantitative estimate of drug-likeness (QED) is 0.579. The number of Topliss-reactive ketones (excluding diaryl/α,β-unsaturated/α-hetero) is 1. The molecule has 4 fully saturated rings. The molecule has 0 aromatic rings. The van der Waals surface area contributed by atoms with Gasteiger partial charge >= 0.3 is 0 Å². The SMILES string of the molecule is C[C@H]1CC[C@@]2(C)C(CC(=O)C3C2CC[C@@]2(C)C3CC[C@@H]2C)C1. The van der Waals surface area contributed by atoms with Crippen molar-refractivity contribution in [3.05, 3.63) is 0 Å². The van der Waals surface area contributed by atoms with Crippen LogP contribution < -0.4 is 0 Å². The van der Waals surface area contributed by atoms with Crippen molar-refractivity contribution in [1.29, 1.82) is 0 Å². The lowest BCUT2D eigenvalue weighted by Gasteiger charge is -2.60. The van der Waals surface area contributed by atoms with E-state index in [-0.39, 0.29) is 0 Å². The van der Waals surface area contributed by atoms with Crippen LogP contribution in [0.4, 0.5) is 0 Å². The summed E-state index contributed by atoms with van der Waals surface area (Å²) in [6.07, 6.45) is 10.4. The van der Waals surface area contributed by atoms with Gasteiger partial charge in [0.25, 0.3) is 0 Å². The average molecular weight is 303 g/mol. The topological polar surface area (TPSA) is 17.1 Å². The first-order valence-electron chi connectivity index (χ1n) is 9.89. The van der Waals surface area contributed by atoms with E-state index in [9.17, 15) is 4.79 Å². The van der Waals surface area contributed by atoms with E-state index >= 15 is 0 Å². The molecule has 4 aliphatic rings. The van der Waals surface area contributed by atoms with Crippen molar-refractivity contribution < 1.29 is 4.79 Å². The summed E-state index contributed by atoms with van der Waals surface area (Å²) in [5.41, 5.74) is 0.931. The summed E-state index contributed by atoms with van der Waals surface area (Å²) in [5, 5.41) is 0. The highest BCUT2D eigenvalue weighted by molar-refractivity contribution is 5.83. The molecular weight excluding hydrogens is 268 g/mol. The van der Waals surface area contributed by atoms with E-state index in [4.69, 9.17) is 0 Å². The van der Waals surface area contributed by atoms with Crippen molar-refractivity contribution in [3.63, 3.8) is 0 Å². The third-order valence-electron chi connectivity index (χ3n) is 9.21. The molecule has 0 heterocycles. The number of carbonyl (C=O) groups is 1. The number of rotatable bonds is 0. The van der Waals surface area contributed by atoms with Gasteiger partial charge in [-0.25, -0.2) is 0 Å². The Labute approximate surface area is 136 Å². The van der Waals surface area contributed by atoms with Crippen LogP contribution in [0.5, 0.6) is 0 Å². The van der Waals surface area contributed by atoms with Crippen LogP contribution in [0.2, 0.25) is 0 Å². The van der Waals surface area contributed by atoms with Crippen LogP contribution in [-0.4, -0.2) is 5.78 Å². The lowest BCUT2D eigenvalue weighted by atomic mass is 9.44. The van der Waals surface area contributed by atoms with E-state index in [1.165, 1.54) is 44.9 Å². The first kappa shape index (κ1) is 15.2. The third kappa shape index (κ3) is 1.86. The minimum absolute atomic E-state index is 0.415. The Bertz CT molecular complexity index is 482. The van der Waals surface area contributed by atoms with Gasteiger partial charge in [-0.05, 0) is 78.9 Å². The van der Waals surface area contributed by atoms with E-state index in [0.717, 1.165) is 18.3 Å².